The molecule has 0 aromatic heterocycles. The average Bonchev–Trinajstić information content (AvgIpc) is 2.39. The molecular weight excluding hydrogens is 236 g/mol. The molecule has 0 saturated heterocycles. The molecule has 0 spiro atoms. The highest BCUT2D eigenvalue weighted by atomic mass is 16.3. The van der Waals surface area contributed by atoms with Gasteiger partial charge in [0.2, 0.25) is 0 Å². The number of hydrogen-bond donors (Lipinski definition) is 1. The van der Waals surface area contributed by atoms with Gasteiger partial charge in [-0.15, -0.1) is 6.42 Å². The zero-order valence-corrected chi connectivity index (χ0v) is 12.1. The summed E-state index contributed by atoms with van der Waals surface area (Å²) < 4.78 is 0. The third kappa shape index (κ3) is 26.0. The van der Waals surface area contributed by atoms with E-state index < -0.39 is 0 Å². The van der Waals surface area contributed by atoms with E-state index in [0.717, 1.165) is 0 Å². The molecular formula is C17H24O2. The molecule has 0 aliphatic rings. The standard InChI is InChI=1S/C9H4.C8H18O.H2O/c1-3-5-7-9-8-6-4-2;1-3-4-5-6-8(2)7-9;/h1H,2H3;8-9H,3-7H2,1-2H3;1H2. The minimum Gasteiger partial charge on any atom is -0.412 e. The van der Waals surface area contributed by atoms with Crippen LogP contribution in [-0.4, -0.2) is 17.2 Å². The second-order valence-electron chi connectivity index (χ2n) is 3.80. The lowest BCUT2D eigenvalue weighted by molar-refractivity contribution is 0.227. The van der Waals surface area contributed by atoms with Gasteiger partial charge in [-0.1, -0.05) is 39.0 Å². The SMILES string of the molecule is C#CC#CC#CC#CC.CCCCCC(C)CO.O. The second-order valence-corrected chi connectivity index (χ2v) is 3.80. The van der Waals surface area contributed by atoms with Crippen molar-refractivity contribution < 1.29 is 10.6 Å². The summed E-state index contributed by atoms with van der Waals surface area (Å²) in [6.07, 6.45) is 9.86. The monoisotopic (exact) mass is 260 g/mol. The van der Waals surface area contributed by atoms with Crippen molar-refractivity contribution in [3.8, 4) is 47.9 Å². The summed E-state index contributed by atoms with van der Waals surface area (Å²) in [4.78, 5) is 0. The van der Waals surface area contributed by atoms with Crippen LogP contribution >= 0.6 is 0 Å². The predicted molar refractivity (Wildman–Crippen MR) is 81.8 cm³/mol. The lowest BCUT2D eigenvalue weighted by Gasteiger charge is -2.04. The highest BCUT2D eigenvalue weighted by Crippen LogP contribution is 2.07. The van der Waals surface area contributed by atoms with Gasteiger partial charge in [-0.3, -0.25) is 0 Å². The molecule has 0 amide bonds. The number of rotatable bonds is 5. The van der Waals surface area contributed by atoms with Crippen LogP contribution in [0.15, 0.2) is 0 Å². The molecule has 0 saturated carbocycles. The first-order valence-electron chi connectivity index (χ1n) is 6.21. The van der Waals surface area contributed by atoms with Crippen molar-refractivity contribution in [1.82, 2.24) is 0 Å². The third-order valence-electron chi connectivity index (χ3n) is 2.06. The fourth-order valence-electron chi connectivity index (χ4n) is 1.03. The fourth-order valence-corrected chi connectivity index (χ4v) is 1.03. The zero-order chi connectivity index (χ0) is 14.1. The Morgan fingerprint density at radius 2 is 1.63 bits per heavy atom. The van der Waals surface area contributed by atoms with Crippen molar-refractivity contribution in [2.24, 2.45) is 5.92 Å². The summed E-state index contributed by atoms with van der Waals surface area (Å²) in [5.74, 6) is 17.5. The number of aliphatic hydroxyl groups is 1. The van der Waals surface area contributed by atoms with Gasteiger partial charge in [0, 0.05) is 6.61 Å². The van der Waals surface area contributed by atoms with Gasteiger partial charge in [0.15, 0.2) is 0 Å². The highest BCUT2D eigenvalue weighted by Gasteiger charge is 1.97. The molecule has 2 heteroatoms. The maximum atomic E-state index is 8.63. The van der Waals surface area contributed by atoms with Crippen LogP contribution < -0.4 is 0 Å². The molecule has 0 aromatic rings. The molecule has 1 unspecified atom stereocenters. The minimum atomic E-state index is 0. The van der Waals surface area contributed by atoms with Crippen LogP contribution in [0.25, 0.3) is 0 Å². The predicted octanol–water partition coefficient (Wildman–Crippen LogP) is 2.02. The van der Waals surface area contributed by atoms with Crippen molar-refractivity contribution >= 4 is 0 Å². The molecule has 0 radical (unpaired) electrons. The second kappa shape index (κ2) is 21.4. The van der Waals surface area contributed by atoms with Crippen LogP contribution in [-0.2, 0) is 0 Å². The summed E-state index contributed by atoms with van der Waals surface area (Å²) in [7, 11) is 0. The van der Waals surface area contributed by atoms with Gasteiger partial charge in [0.05, 0.1) is 0 Å². The van der Waals surface area contributed by atoms with Crippen molar-refractivity contribution in [2.45, 2.75) is 46.5 Å². The maximum Gasteiger partial charge on any atom is 0.0456 e. The highest BCUT2D eigenvalue weighted by molar-refractivity contribution is 5.38. The quantitative estimate of drug-likeness (QED) is 0.597. The van der Waals surface area contributed by atoms with Crippen LogP contribution in [0.4, 0.5) is 0 Å². The van der Waals surface area contributed by atoms with E-state index in [4.69, 9.17) is 11.5 Å². The lowest BCUT2D eigenvalue weighted by atomic mass is 10.0. The molecule has 104 valence electrons. The lowest BCUT2D eigenvalue weighted by Crippen LogP contribution is -1.99. The molecule has 19 heavy (non-hydrogen) atoms. The molecule has 0 aromatic carbocycles. The van der Waals surface area contributed by atoms with E-state index in [9.17, 15) is 0 Å². The van der Waals surface area contributed by atoms with Gasteiger partial charge in [-0.2, -0.15) is 0 Å². The van der Waals surface area contributed by atoms with E-state index in [1.165, 1.54) is 25.7 Å². The first kappa shape index (κ1) is 22.3. The average molecular weight is 260 g/mol. The molecule has 0 rings (SSSR count). The summed E-state index contributed by atoms with van der Waals surface area (Å²) in [6, 6.07) is 0. The van der Waals surface area contributed by atoms with Gasteiger partial charge >= 0.3 is 0 Å². The van der Waals surface area contributed by atoms with Crippen molar-refractivity contribution in [2.75, 3.05) is 6.61 Å². The summed E-state index contributed by atoms with van der Waals surface area (Å²) in [6.45, 7) is 6.35. The topological polar surface area (TPSA) is 51.7 Å². The van der Waals surface area contributed by atoms with Gasteiger partial charge < -0.3 is 10.6 Å². The zero-order valence-electron chi connectivity index (χ0n) is 12.1. The van der Waals surface area contributed by atoms with E-state index in [-0.39, 0.29) is 5.48 Å². The van der Waals surface area contributed by atoms with E-state index in [1.807, 2.05) is 0 Å². The Morgan fingerprint density at radius 1 is 1.05 bits per heavy atom. The first-order valence-corrected chi connectivity index (χ1v) is 6.21. The van der Waals surface area contributed by atoms with E-state index in [0.29, 0.717) is 12.5 Å². The summed E-state index contributed by atoms with van der Waals surface area (Å²) in [5, 5.41) is 8.63. The third-order valence-corrected chi connectivity index (χ3v) is 2.06. The molecule has 1 atom stereocenters. The Labute approximate surface area is 118 Å². The Hall–Kier alpha value is -1.84. The van der Waals surface area contributed by atoms with E-state index >= 15 is 0 Å². The Balaban J connectivity index is -0.000000256. The first-order chi connectivity index (χ1) is 8.72. The van der Waals surface area contributed by atoms with Crippen LogP contribution in [0.5, 0.6) is 0 Å². The Morgan fingerprint density at radius 3 is 2.11 bits per heavy atom. The molecule has 0 bridgehead atoms. The molecule has 0 fully saturated rings. The summed E-state index contributed by atoms with van der Waals surface area (Å²) >= 11 is 0. The number of aliphatic hydroxyl groups excluding tert-OH is 1. The number of unbranched alkanes of at least 4 members (excludes halogenated alkanes) is 2. The minimum absolute atomic E-state index is 0. The largest absolute Gasteiger partial charge is 0.412 e. The van der Waals surface area contributed by atoms with Crippen molar-refractivity contribution in [3.05, 3.63) is 0 Å². The maximum absolute atomic E-state index is 8.63. The molecule has 0 heterocycles. The van der Waals surface area contributed by atoms with Crippen LogP contribution in [0.3, 0.4) is 0 Å². The Kier molecular flexibility index (Phi) is 25.2. The van der Waals surface area contributed by atoms with Crippen LogP contribution in [0.2, 0.25) is 0 Å². The normalized spacial score (nSPS) is 8.16. The van der Waals surface area contributed by atoms with E-state index in [2.05, 4.69) is 55.3 Å². The van der Waals surface area contributed by atoms with Crippen molar-refractivity contribution in [3.63, 3.8) is 0 Å². The van der Waals surface area contributed by atoms with Crippen LogP contribution in [0, 0.1) is 53.8 Å². The van der Waals surface area contributed by atoms with Gasteiger partial charge in [0.25, 0.3) is 0 Å². The van der Waals surface area contributed by atoms with Gasteiger partial charge in [0.1, 0.15) is 0 Å². The summed E-state index contributed by atoms with van der Waals surface area (Å²) in [5.41, 5.74) is 0. The Bertz CT molecular complexity index is 396. The van der Waals surface area contributed by atoms with Gasteiger partial charge in [-0.25, -0.2) is 0 Å². The molecule has 0 aliphatic carbocycles. The van der Waals surface area contributed by atoms with Crippen molar-refractivity contribution in [1.29, 1.82) is 0 Å². The van der Waals surface area contributed by atoms with E-state index in [1.54, 1.807) is 6.92 Å². The molecule has 2 nitrogen and oxygen atoms in total. The molecule has 3 N–H and O–H groups in total. The number of terminal acetylenes is 1. The van der Waals surface area contributed by atoms with Crippen LogP contribution in [0.1, 0.15) is 46.5 Å². The smallest absolute Gasteiger partial charge is 0.0456 e. The van der Waals surface area contributed by atoms with Gasteiger partial charge in [-0.05, 0) is 54.8 Å². The fraction of sp³-hybridized carbons (Fsp3) is 0.529. The molecule has 0 aliphatic heterocycles. The number of hydrogen-bond acceptors (Lipinski definition) is 1.